The van der Waals surface area contributed by atoms with Gasteiger partial charge in [0.05, 0.1) is 6.04 Å². The highest BCUT2D eigenvalue weighted by molar-refractivity contribution is 6.01. The van der Waals surface area contributed by atoms with Gasteiger partial charge >= 0.3 is 6.18 Å². The number of aryl methyl sites for hydroxylation is 2. The van der Waals surface area contributed by atoms with Gasteiger partial charge in [-0.25, -0.2) is 0 Å². The van der Waals surface area contributed by atoms with Crippen LogP contribution in [0.15, 0.2) is 48.5 Å². The predicted octanol–water partition coefficient (Wildman–Crippen LogP) is 3.45. The predicted molar refractivity (Wildman–Crippen MR) is 101 cm³/mol. The molecule has 2 unspecified atom stereocenters. The Kier molecular flexibility index (Phi) is 5.06. The van der Waals surface area contributed by atoms with Gasteiger partial charge in [-0.15, -0.1) is 0 Å². The number of piperidine rings is 1. The summed E-state index contributed by atoms with van der Waals surface area (Å²) in [6, 6.07) is 13.3. The molecule has 152 valence electrons. The number of carbonyl (C=O) groups excluding carboxylic acids is 2. The maximum Gasteiger partial charge on any atom is 0.408 e. The van der Waals surface area contributed by atoms with Crippen LogP contribution in [0, 0.1) is 5.92 Å². The third kappa shape index (κ3) is 3.86. The molecule has 2 N–H and O–H groups in total. The van der Waals surface area contributed by atoms with Crippen LogP contribution >= 0.6 is 0 Å². The number of alkyl halides is 3. The Bertz CT molecular complexity index is 894. The van der Waals surface area contributed by atoms with Gasteiger partial charge in [-0.1, -0.05) is 48.5 Å². The number of hydrogen-bond donors (Lipinski definition) is 2. The highest BCUT2D eigenvalue weighted by Crippen LogP contribution is 2.34. The summed E-state index contributed by atoms with van der Waals surface area (Å²) in [7, 11) is 0. The second-order valence-corrected chi connectivity index (χ2v) is 7.57. The molecule has 7 heteroatoms. The minimum absolute atomic E-state index is 0.127. The molecule has 2 atom stereocenters. The average molecular weight is 402 g/mol. The van der Waals surface area contributed by atoms with E-state index >= 15 is 0 Å². The molecule has 0 bridgehead atoms. The van der Waals surface area contributed by atoms with Crippen molar-refractivity contribution in [1.82, 2.24) is 10.6 Å². The highest BCUT2D eigenvalue weighted by atomic mass is 19.4. The maximum atomic E-state index is 12.9. The van der Waals surface area contributed by atoms with Crippen LogP contribution < -0.4 is 10.6 Å². The maximum absolute atomic E-state index is 12.9. The molecule has 1 aliphatic heterocycles. The standard InChI is InChI=1S/C22H21F3N2O2/c23-22(24,25)18-12-11-17(20(28)26-18)21(29)27-19-15-7-3-1-5-13(15)9-10-14-6-2-4-8-16(14)19/h1-8,17-19H,9-12H2,(H,26,28)(H,27,29). The van der Waals surface area contributed by atoms with E-state index in [2.05, 4.69) is 5.32 Å². The van der Waals surface area contributed by atoms with Gasteiger partial charge in [-0.3, -0.25) is 9.59 Å². The van der Waals surface area contributed by atoms with Crippen LogP contribution in [0.4, 0.5) is 13.2 Å². The molecule has 0 aromatic heterocycles. The van der Waals surface area contributed by atoms with Crippen LogP contribution in [-0.4, -0.2) is 24.0 Å². The molecule has 29 heavy (non-hydrogen) atoms. The first kappa shape index (κ1) is 19.5. The fourth-order valence-corrected chi connectivity index (χ4v) is 4.23. The largest absolute Gasteiger partial charge is 0.408 e. The molecule has 2 aromatic carbocycles. The molecule has 1 heterocycles. The van der Waals surface area contributed by atoms with E-state index in [1.54, 1.807) is 0 Å². The fourth-order valence-electron chi connectivity index (χ4n) is 4.23. The summed E-state index contributed by atoms with van der Waals surface area (Å²) in [6.07, 6.45) is -3.27. The SMILES string of the molecule is O=C(NC1c2ccccc2CCc2ccccc21)C1CCC(C(F)(F)F)NC1=O. The summed E-state index contributed by atoms with van der Waals surface area (Å²) in [5.74, 6) is -2.54. The first-order valence-corrected chi connectivity index (χ1v) is 9.67. The number of benzene rings is 2. The molecular formula is C22H21F3N2O2. The molecule has 0 spiro atoms. The first-order valence-electron chi connectivity index (χ1n) is 9.67. The van der Waals surface area contributed by atoms with E-state index < -0.39 is 36.0 Å². The Morgan fingerprint density at radius 1 is 0.931 bits per heavy atom. The van der Waals surface area contributed by atoms with E-state index in [9.17, 15) is 22.8 Å². The molecule has 1 aliphatic carbocycles. The van der Waals surface area contributed by atoms with Crippen LogP contribution in [0.25, 0.3) is 0 Å². The van der Waals surface area contributed by atoms with Gasteiger partial charge in [0.25, 0.3) is 0 Å². The van der Waals surface area contributed by atoms with Crippen molar-refractivity contribution in [1.29, 1.82) is 0 Å². The second kappa shape index (κ2) is 7.54. The number of nitrogens with one attached hydrogen (secondary N) is 2. The fraction of sp³-hybridized carbons (Fsp3) is 0.364. The summed E-state index contributed by atoms with van der Waals surface area (Å²) >= 11 is 0. The minimum atomic E-state index is -4.50. The van der Waals surface area contributed by atoms with E-state index in [-0.39, 0.29) is 12.8 Å². The summed E-state index contributed by atoms with van der Waals surface area (Å²) in [5, 5.41) is 4.89. The Morgan fingerprint density at radius 2 is 1.48 bits per heavy atom. The molecular weight excluding hydrogens is 381 g/mol. The number of carbonyl (C=O) groups is 2. The second-order valence-electron chi connectivity index (χ2n) is 7.57. The Balaban J connectivity index is 1.59. The van der Waals surface area contributed by atoms with Gasteiger partial charge in [-0.05, 0) is 47.9 Å². The molecule has 0 saturated carbocycles. The minimum Gasteiger partial charge on any atom is -0.344 e. The van der Waals surface area contributed by atoms with E-state index in [1.807, 2.05) is 53.8 Å². The normalized spacial score (nSPS) is 22.1. The number of halogens is 3. The smallest absolute Gasteiger partial charge is 0.344 e. The van der Waals surface area contributed by atoms with Crippen molar-refractivity contribution < 1.29 is 22.8 Å². The molecule has 4 nitrogen and oxygen atoms in total. The monoisotopic (exact) mass is 402 g/mol. The third-order valence-corrected chi connectivity index (χ3v) is 5.77. The number of fused-ring (bicyclic) bond motifs is 2. The topological polar surface area (TPSA) is 58.2 Å². The quantitative estimate of drug-likeness (QED) is 0.756. The Morgan fingerprint density at radius 3 is 2.00 bits per heavy atom. The highest BCUT2D eigenvalue weighted by Gasteiger charge is 2.46. The molecule has 2 aliphatic rings. The van der Waals surface area contributed by atoms with Crippen LogP contribution in [0.2, 0.25) is 0 Å². The lowest BCUT2D eigenvalue weighted by Crippen LogP contribution is -2.54. The van der Waals surface area contributed by atoms with Crippen molar-refractivity contribution in [3.05, 3.63) is 70.8 Å². The van der Waals surface area contributed by atoms with Crippen LogP contribution in [0.1, 0.15) is 41.1 Å². The summed E-state index contributed by atoms with van der Waals surface area (Å²) in [4.78, 5) is 25.1. The van der Waals surface area contributed by atoms with Crippen LogP contribution in [0.5, 0.6) is 0 Å². The molecule has 2 amide bonds. The van der Waals surface area contributed by atoms with Crippen molar-refractivity contribution in [3.63, 3.8) is 0 Å². The van der Waals surface area contributed by atoms with Gasteiger partial charge in [0.15, 0.2) is 0 Å². The molecule has 1 fully saturated rings. The summed E-state index contributed by atoms with van der Waals surface area (Å²) in [5.41, 5.74) is 4.13. The van der Waals surface area contributed by atoms with E-state index in [0.29, 0.717) is 0 Å². The number of amides is 2. The van der Waals surface area contributed by atoms with Crippen LogP contribution in [0.3, 0.4) is 0 Å². The van der Waals surface area contributed by atoms with E-state index in [0.717, 1.165) is 35.1 Å². The van der Waals surface area contributed by atoms with Gasteiger partial charge in [0, 0.05) is 0 Å². The zero-order valence-corrected chi connectivity index (χ0v) is 15.6. The van der Waals surface area contributed by atoms with Gasteiger partial charge < -0.3 is 10.6 Å². The zero-order valence-electron chi connectivity index (χ0n) is 15.6. The van der Waals surface area contributed by atoms with Crippen molar-refractivity contribution in [3.8, 4) is 0 Å². The first-order chi connectivity index (χ1) is 13.8. The van der Waals surface area contributed by atoms with E-state index in [1.165, 1.54) is 0 Å². The summed E-state index contributed by atoms with van der Waals surface area (Å²) < 4.78 is 38.6. The number of hydrogen-bond acceptors (Lipinski definition) is 2. The lowest BCUT2D eigenvalue weighted by atomic mass is 9.90. The van der Waals surface area contributed by atoms with Crippen molar-refractivity contribution in [2.75, 3.05) is 0 Å². The molecule has 0 radical (unpaired) electrons. The summed E-state index contributed by atoms with van der Waals surface area (Å²) in [6.45, 7) is 0. The molecule has 2 aromatic rings. The lowest BCUT2D eigenvalue weighted by molar-refractivity contribution is -0.171. The Hall–Kier alpha value is -2.83. The Labute approximate surface area is 166 Å². The van der Waals surface area contributed by atoms with E-state index in [4.69, 9.17) is 0 Å². The number of rotatable bonds is 2. The average Bonchev–Trinajstić information content (AvgIpc) is 2.85. The lowest BCUT2D eigenvalue weighted by Gasteiger charge is -2.31. The van der Waals surface area contributed by atoms with Crippen molar-refractivity contribution >= 4 is 11.8 Å². The molecule has 1 saturated heterocycles. The third-order valence-electron chi connectivity index (χ3n) is 5.77. The van der Waals surface area contributed by atoms with Gasteiger partial charge in [0.1, 0.15) is 12.0 Å². The van der Waals surface area contributed by atoms with Crippen LogP contribution in [-0.2, 0) is 22.4 Å². The van der Waals surface area contributed by atoms with Crippen molar-refractivity contribution in [2.24, 2.45) is 5.92 Å². The van der Waals surface area contributed by atoms with Gasteiger partial charge in [0.2, 0.25) is 11.8 Å². The molecule has 4 rings (SSSR count). The zero-order chi connectivity index (χ0) is 20.6. The van der Waals surface area contributed by atoms with Crippen molar-refractivity contribution in [2.45, 2.75) is 43.9 Å². The van der Waals surface area contributed by atoms with Gasteiger partial charge in [-0.2, -0.15) is 13.2 Å².